The molecule has 0 heterocycles. The van der Waals surface area contributed by atoms with E-state index in [9.17, 15) is 9.59 Å². The lowest BCUT2D eigenvalue weighted by atomic mass is 10.1. The lowest BCUT2D eigenvalue weighted by molar-refractivity contribution is -0.117. The van der Waals surface area contributed by atoms with Gasteiger partial charge in [-0.05, 0) is 5.92 Å². The minimum Gasteiger partial charge on any atom is -0.338 e. The standard InChI is InChI=1S/C8H15ClN2O2/c1-3-6(2)5-10-8(13)11-7(12)4-9/h6H,3-5H2,1-2H3,(H2,10,11,12,13). The number of carbonyl (C=O) groups excluding carboxylic acids is 2. The van der Waals surface area contributed by atoms with Crippen LogP contribution in [0.25, 0.3) is 0 Å². The molecule has 5 heteroatoms. The van der Waals surface area contributed by atoms with Gasteiger partial charge in [-0.15, -0.1) is 11.6 Å². The molecule has 0 saturated carbocycles. The number of imide groups is 1. The van der Waals surface area contributed by atoms with Crippen molar-refractivity contribution in [1.82, 2.24) is 10.6 Å². The number of rotatable bonds is 4. The summed E-state index contributed by atoms with van der Waals surface area (Å²) in [6.45, 7) is 4.62. The van der Waals surface area contributed by atoms with Crippen LogP contribution in [0.1, 0.15) is 20.3 Å². The molecule has 0 aliphatic heterocycles. The number of hydrogen-bond acceptors (Lipinski definition) is 2. The summed E-state index contributed by atoms with van der Waals surface area (Å²) in [6.07, 6.45) is 0.990. The van der Waals surface area contributed by atoms with E-state index in [1.807, 2.05) is 13.8 Å². The Balaban J connectivity index is 3.57. The maximum atomic E-state index is 10.9. The van der Waals surface area contributed by atoms with E-state index in [2.05, 4.69) is 10.6 Å². The van der Waals surface area contributed by atoms with Crippen LogP contribution in [0.15, 0.2) is 0 Å². The van der Waals surface area contributed by atoms with E-state index in [0.717, 1.165) is 6.42 Å². The van der Waals surface area contributed by atoms with Crippen LogP contribution in [0.5, 0.6) is 0 Å². The first-order chi connectivity index (χ1) is 6.10. The van der Waals surface area contributed by atoms with Crippen molar-refractivity contribution in [3.63, 3.8) is 0 Å². The van der Waals surface area contributed by atoms with E-state index in [1.54, 1.807) is 0 Å². The number of alkyl halides is 1. The second-order valence-electron chi connectivity index (χ2n) is 2.91. The lowest BCUT2D eigenvalue weighted by Crippen LogP contribution is -2.41. The maximum Gasteiger partial charge on any atom is 0.321 e. The molecule has 1 unspecified atom stereocenters. The first kappa shape index (κ1) is 12.2. The van der Waals surface area contributed by atoms with Crippen LogP contribution in [0.2, 0.25) is 0 Å². The van der Waals surface area contributed by atoms with Gasteiger partial charge < -0.3 is 5.32 Å². The van der Waals surface area contributed by atoms with Crippen molar-refractivity contribution >= 4 is 23.5 Å². The third-order valence-corrected chi connectivity index (χ3v) is 1.93. The molecule has 0 saturated heterocycles. The van der Waals surface area contributed by atoms with Gasteiger partial charge in [0.05, 0.1) is 0 Å². The summed E-state index contributed by atoms with van der Waals surface area (Å²) >= 11 is 5.19. The number of amides is 3. The van der Waals surface area contributed by atoms with Crippen LogP contribution in [0, 0.1) is 5.92 Å². The normalized spacial score (nSPS) is 11.9. The Hall–Kier alpha value is -0.770. The lowest BCUT2D eigenvalue weighted by Gasteiger charge is -2.09. The predicted octanol–water partition coefficient (Wildman–Crippen LogP) is 1.10. The highest BCUT2D eigenvalue weighted by molar-refractivity contribution is 6.28. The fourth-order valence-electron chi connectivity index (χ4n) is 0.615. The summed E-state index contributed by atoms with van der Waals surface area (Å²) in [5.41, 5.74) is 0. The summed E-state index contributed by atoms with van der Waals surface area (Å²) in [4.78, 5) is 21.6. The quantitative estimate of drug-likeness (QED) is 0.677. The van der Waals surface area contributed by atoms with Gasteiger partial charge in [-0.25, -0.2) is 4.79 Å². The fraction of sp³-hybridized carbons (Fsp3) is 0.750. The maximum absolute atomic E-state index is 10.9. The van der Waals surface area contributed by atoms with Crippen molar-refractivity contribution in [2.75, 3.05) is 12.4 Å². The van der Waals surface area contributed by atoms with Gasteiger partial charge in [0.1, 0.15) is 5.88 Å². The first-order valence-corrected chi connectivity index (χ1v) is 4.77. The molecule has 76 valence electrons. The molecule has 0 aromatic heterocycles. The van der Waals surface area contributed by atoms with Gasteiger partial charge in [-0.1, -0.05) is 20.3 Å². The first-order valence-electron chi connectivity index (χ1n) is 4.23. The van der Waals surface area contributed by atoms with Gasteiger partial charge in [-0.2, -0.15) is 0 Å². The van der Waals surface area contributed by atoms with Crippen LogP contribution >= 0.6 is 11.6 Å². The van der Waals surface area contributed by atoms with E-state index >= 15 is 0 Å². The molecular formula is C8H15ClN2O2. The van der Waals surface area contributed by atoms with E-state index < -0.39 is 11.9 Å². The molecule has 0 bridgehead atoms. The second kappa shape index (κ2) is 6.71. The van der Waals surface area contributed by atoms with Crippen LogP contribution in [-0.4, -0.2) is 24.4 Å². The molecular weight excluding hydrogens is 192 g/mol. The molecule has 3 amide bonds. The summed E-state index contributed by atoms with van der Waals surface area (Å²) in [5.74, 6) is -0.267. The van der Waals surface area contributed by atoms with E-state index in [1.165, 1.54) is 0 Å². The zero-order valence-electron chi connectivity index (χ0n) is 7.89. The zero-order valence-corrected chi connectivity index (χ0v) is 8.65. The van der Waals surface area contributed by atoms with Gasteiger partial charge in [-0.3, -0.25) is 10.1 Å². The highest BCUT2D eigenvalue weighted by Gasteiger charge is 2.06. The van der Waals surface area contributed by atoms with Gasteiger partial charge in [0.2, 0.25) is 5.91 Å². The van der Waals surface area contributed by atoms with E-state index in [-0.39, 0.29) is 5.88 Å². The summed E-state index contributed by atoms with van der Waals surface area (Å²) in [7, 11) is 0. The summed E-state index contributed by atoms with van der Waals surface area (Å²) in [5, 5.41) is 4.66. The topological polar surface area (TPSA) is 58.2 Å². The van der Waals surface area contributed by atoms with Crippen molar-refractivity contribution in [1.29, 1.82) is 0 Å². The van der Waals surface area contributed by atoms with Crippen molar-refractivity contribution in [3.8, 4) is 0 Å². The highest BCUT2D eigenvalue weighted by atomic mass is 35.5. The van der Waals surface area contributed by atoms with Crippen LogP contribution in [-0.2, 0) is 4.79 Å². The van der Waals surface area contributed by atoms with Gasteiger partial charge in [0.15, 0.2) is 0 Å². The fourth-order valence-corrected chi connectivity index (χ4v) is 0.682. The number of hydrogen-bond donors (Lipinski definition) is 2. The van der Waals surface area contributed by atoms with Crippen molar-refractivity contribution < 1.29 is 9.59 Å². The monoisotopic (exact) mass is 206 g/mol. The Labute approximate surface area is 83.0 Å². The van der Waals surface area contributed by atoms with Gasteiger partial charge >= 0.3 is 6.03 Å². The average Bonchev–Trinajstić information content (AvgIpc) is 2.13. The smallest absolute Gasteiger partial charge is 0.321 e. The molecule has 0 spiro atoms. The van der Waals surface area contributed by atoms with E-state index in [4.69, 9.17) is 11.6 Å². The molecule has 0 radical (unpaired) electrons. The van der Waals surface area contributed by atoms with Crippen LogP contribution < -0.4 is 10.6 Å². The average molecular weight is 207 g/mol. The molecule has 0 aliphatic rings. The Kier molecular flexibility index (Phi) is 6.32. The molecule has 0 aliphatic carbocycles. The molecule has 4 nitrogen and oxygen atoms in total. The minimum absolute atomic E-state index is 0.198. The zero-order chi connectivity index (χ0) is 10.3. The number of nitrogens with one attached hydrogen (secondary N) is 2. The largest absolute Gasteiger partial charge is 0.338 e. The summed E-state index contributed by atoms with van der Waals surface area (Å²) < 4.78 is 0. The van der Waals surface area contributed by atoms with E-state index in [0.29, 0.717) is 12.5 Å². The van der Waals surface area contributed by atoms with Crippen LogP contribution in [0.3, 0.4) is 0 Å². The summed E-state index contributed by atoms with van der Waals surface area (Å²) in [6, 6.07) is -0.481. The Morgan fingerprint density at radius 3 is 2.54 bits per heavy atom. The molecule has 0 fully saturated rings. The number of urea groups is 1. The Morgan fingerprint density at radius 2 is 2.08 bits per heavy atom. The van der Waals surface area contributed by atoms with Crippen molar-refractivity contribution in [2.45, 2.75) is 20.3 Å². The number of carbonyl (C=O) groups is 2. The number of halogens is 1. The Morgan fingerprint density at radius 1 is 1.46 bits per heavy atom. The van der Waals surface area contributed by atoms with Gasteiger partial charge in [0, 0.05) is 6.54 Å². The minimum atomic E-state index is -0.483. The van der Waals surface area contributed by atoms with Crippen molar-refractivity contribution in [2.24, 2.45) is 5.92 Å². The second-order valence-corrected chi connectivity index (χ2v) is 3.17. The third-order valence-electron chi connectivity index (χ3n) is 1.68. The third kappa shape index (κ3) is 6.40. The molecule has 2 N–H and O–H groups in total. The predicted molar refractivity (Wildman–Crippen MR) is 51.7 cm³/mol. The molecule has 0 aromatic rings. The van der Waals surface area contributed by atoms with Crippen LogP contribution in [0.4, 0.5) is 4.79 Å². The molecule has 1 atom stereocenters. The molecule has 0 aromatic carbocycles. The SMILES string of the molecule is CCC(C)CNC(=O)NC(=O)CCl. The molecule has 13 heavy (non-hydrogen) atoms. The Bertz CT molecular complexity index is 185. The molecule has 0 rings (SSSR count). The van der Waals surface area contributed by atoms with Crippen molar-refractivity contribution in [3.05, 3.63) is 0 Å². The highest BCUT2D eigenvalue weighted by Crippen LogP contribution is 1.96. The van der Waals surface area contributed by atoms with Gasteiger partial charge in [0.25, 0.3) is 0 Å².